The number of hydrogen-bond donors (Lipinski definition) is 0. The first-order valence-electron chi connectivity index (χ1n) is 12.4. The third-order valence-electron chi connectivity index (χ3n) is 11.6. The summed E-state index contributed by atoms with van der Waals surface area (Å²) in [6.45, 7) is 13.8. The fourth-order valence-corrected chi connectivity index (χ4v) is 9.54. The lowest BCUT2D eigenvalue weighted by Crippen LogP contribution is -2.62. The van der Waals surface area contributed by atoms with E-state index in [-0.39, 0.29) is 0 Å². The van der Waals surface area contributed by atoms with Crippen molar-refractivity contribution in [3.63, 3.8) is 0 Å². The van der Waals surface area contributed by atoms with Crippen molar-refractivity contribution in [2.45, 2.75) is 98.0 Å². The summed E-state index contributed by atoms with van der Waals surface area (Å²) in [5.41, 5.74) is 6.70. The summed E-state index contributed by atoms with van der Waals surface area (Å²) < 4.78 is 6.66. The Kier molecular flexibility index (Phi) is 3.72. The molecule has 0 unspecified atom stereocenters. The molecule has 0 N–H and O–H groups in total. The van der Waals surface area contributed by atoms with Crippen LogP contribution < -0.4 is 0 Å². The molecule has 1 heteroatoms. The summed E-state index contributed by atoms with van der Waals surface area (Å²) in [5.74, 6) is 2.43. The van der Waals surface area contributed by atoms with Crippen LogP contribution in [0, 0.1) is 40.4 Å². The van der Waals surface area contributed by atoms with Crippen LogP contribution in [-0.4, -0.2) is 12.7 Å². The first-order chi connectivity index (χ1) is 13.7. The van der Waals surface area contributed by atoms with Crippen LogP contribution in [0.4, 0.5) is 0 Å². The second-order valence-electron chi connectivity index (χ2n) is 12.8. The summed E-state index contributed by atoms with van der Waals surface area (Å²) >= 11 is 0. The number of fused-ring (bicyclic) bond motifs is 5. The molecule has 1 saturated heterocycles. The van der Waals surface area contributed by atoms with Gasteiger partial charge < -0.3 is 4.74 Å². The van der Waals surface area contributed by atoms with E-state index in [2.05, 4.69) is 52.8 Å². The average molecular weight is 393 g/mol. The molecule has 4 aliphatic carbocycles. The van der Waals surface area contributed by atoms with Crippen molar-refractivity contribution < 1.29 is 4.74 Å². The van der Waals surface area contributed by atoms with Crippen molar-refractivity contribution in [2.24, 2.45) is 33.5 Å². The van der Waals surface area contributed by atoms with Gasteiger partial charge in [0, 0.05) is 0 Å². The summed E-state index contributed by atoms with van der Waals surface area (Å²) in [6.07, 6.45) is 11.6. The maximum absolute atomic E-state index is 6.66. The van der Waals surface area contributed by atoms with Gasteiger partial charge >= 0.3 is 0 Å². The zero-order chi connectivity index (χ0) is 20.2. The van der Waals surface area contributed by atoms with Gasteiger partial charge in [0.2, 0.25) is 0 Å². The molecule has 0 amide bonds. The van der Waals surface area contributed by atoms with Crippen molar-refractivity contribution in [1.82, 2.24) is 0 Å². The van der Waals surface area contributed by atoms with Crippen LogP contribution in [0.25, 0.3) is 0 Å². The molecule has 0 radical (unpaired) electrons. The second-order valence-corrected chi connectivity index (χ2v) is 12.8. The largest absolute Gasteiger partial charge is 0.377 e. The molecular weight excluding hydrogens is 352 g/mol. The first kappa shape index (κ1) is 18.9. The first-order valence-corrected chi connectivity index (χ1v) is 12.4. The van der Waals surface area contributed by atoms with Gasteiger partial charge in [-0.3, -0.25) is 0 Å². The highest BCUT2D eigenvalue weighted by Crippen LogP contribution is 2.74. The molecule has 2 bridgehead atoms. The lowest BCUT2D eigenvalue weighted by Gasteiger charge is -2.68. The zero-order valence-corrected chi connectivity index (χ0v) is 19.3. The van der Waals surface area contributed by atoms with E-state index in [0.717, 1.165) is 24.4 Å². The Morgan fingerprint density at radius 2 is 1.69 bits per heavy atom. The molecule has 1 aliphatic heterocycles. The molecule has 158 valence electrons. The van der Waals surface area contributed by atoms with E-state index in [4.69, 9.17) is 4.74 Å². The van der Waals surface area contributed by atoms with Gasteiger partial charge in [-0.05, 0) is 114 Å². The van der Waals surface area contributed by atoms with Crippen molar-refractivity contribution in [3.05, 3.63) is 34.9 Å². The number of aryl methyl sites for hydroxylation is 1. The van der Waals surface area contributed by atoms with Crippen LogP contribution in [0.1, 0.15) is 95.2 Å². The smallest absolute Gasteiger partial charge is 0.0663 e. The maximum Gasteiger partial charge on any atom is 0.0663 e. The normalized spacial score (nSPS) is 49.6. The van der Waals surface area contributed by atoms with E-state index in [0.29, 0.717) is 27.8 Å². The van der Waals surface area contributed by atoms with Gasteiger partial charge in [0.05, 0.1) is 12.7 Å². The number of ether oxygens (including phenoxy) is 1. The Morgan fingerprint density at radius 1 is 0.897 bits per heavy atom. The summed E-state index contributed by atoms with van der Waals surface area (Å²) in [6, 6.07) is 7.13. The fourth-order valence-electron chi connectivity index (χ4n) is 9.54. The SMILES string of the molecule is Cc1cccc2c1CC[C@@]1(C)[C@@H]2CC[C@@H]2[C@@H]3[C@@H]4OC[C@]3(CCC4(C)C)CC[C@@]21C. The molecule has 3 saturated carbocycles. The Hall–Kier alpha value is -0.820. The highest BCUT2D eigenvalue weighted by molar-refractivity contribution is 5.42. The predicted octanol–water partition coefficient (Wildman–Crippen LogP) is 7.06. The minimum absolute atomic E-state index is 0.358. The molecule has 1 aromatic carbocycles. The third kappa shape index (κ3) is 2.17. The van der Waals surface area contributed by atoms with Gasteiger partial charge in [-0.1, -0.05) is 45.9 Å². The summed E-state index contributed by atoms with van der Waals surface area (Å²) in [4.78, 5) is 0. The molecule has 4 fully saturated rings. The minimum atomic E-state index is 0.358. The van der Waals surface area contributed by atoms with Crippen LogP contribution in [0.15, 0.2) is 18.2 Å². The van der Waals surface area contributed by atoms with Gasteiger partial charge in [-0.15, -0.1) is 0 Å². The van der Waals surface area contributed by atoms with Gasteiger partial charge in [0.1, 0.15) is 0 Å². The predicted molar refractivity (Wildman–Crippen MR) is 119 cm³/mol. The van der Waals surface area contributed by atoms with Crippen LogP contribution in [-0.2, 0) is 11.2 Å². The molecular formula is C28H40O. The van der Waals surface area contributed by atoms with Crippen LogP contribution in [0.3, 0.4) is 0 Å². The molecule has 1 heterocycles. The van der Waals surface area contributed by atoms with Gasteiger partial charge in [-0.2, -0.15) is 0 Å². The Balaban J connectivity index is 1.44. The monoisotopic (exact) mass is 392 g/mol. The molecule has 1 aromatic rings. The summed E-state index contributed by atoms with van der Waals surface area (Å²) in [7, 11) is 0. The van der Waals surface area contributed by atoms with Crippen LogP contribution >= 0.6 is 0 Å². The highest BCUT2D eigenvalue weighted by atomic mass is 16.5. The van der Waals surface area contributed by atoms with E-state index in [1.807, 2.05) is 0 Å². The molecule has 0 spiro atoms. The van der Waals surface area contributed by atoms with E-state index < -0.39 is 0 Å². The molecule has 29 heavy (non-hydrogen) atoms. The zero-order valence-electron chi connectivity index (χ0n) is 19.3. The second kappa shape index (κ2) is 5.70. The van der Waals surface area contributed by atoms with E-state index in [1.54, 1.807) is 11.1 Å². The standard InChI is InChI=1S/C28H40O/c1-18-7-6-8-20-19(18)11-12-26(4)21(20)9-10-22-23-24-25(2,3)13-15-28(23,17-29-24)16-14-27(22,26)5/h6-8,21-24H,9-17H2,1-5H3/t21-,22-,23-,24+,26+,27+,28+/m1/s1. The molecule has 1 nitrogen and oxygen atoms in total. The lowest BCUT2D eigenvalue weighted by molar-refractivity contribution is -0.173. The van der Waals surface area contributed by atoms with Gasteiger partial charge in [0.25, 0.3) is 0 Å². The average Bonchev–Trinajstić information content (AvgIpc) is 3.02. The number of rotatable bonds is 0. The maximum atomic E-state index is 6.66. The topological polar surface area (TPSA) is 9.23 Å². The van der Waals surface area contributed by atoms with Crippen LogP contribution in [0.2, 0.25) is 0 Å². The number of benzene rings is 1. The molecule has 5 aliphatic rings. The van der Waals surface area contributed by atoms with Crippen LogP contribution in [0.5, 0.6) is 0 Å². The summed E-state index contributed by atoms with van der Waals surface area (Å²) in [5, 5.41) is 0. The van der Waals surface area contributed by atoms with Crippen molar-refractivity contribution in [2.75, 3.05) is 6.61 Å². The quantitative estimate of drug-likeness (QED) is 0.459. The number of hydrogen-bond acceptors (Lipinski definition) is 1. The van der Waals surface area contributed by atoms with Crippen molar-refractivity contribution >= 4 is 0 Å². The van der Waals surface area contributed by atoms with Gasteiger partial charge in [-0.25, -0.2) is 0 Å². The molecule has 6 rings (SSSR count). The highest BCUT2D eigenvalue weighted by Gasteiger charge is 2.69. The molecule has 7 atom stereocenters. The van der Waals surface area contributed by atoms with Crippen molar-refractivity contribution in [1.29, 1.82) is 0 Å². The minimum Gasteiger partial charge on any atom is -0.377 e. The Morgan fingerprint density at radius 3 is 2.52 bits per heavy atom. The fraction of sp³-hybridized carbons (Fsp3) is 0.786. The van der Waals surface area contributed by atoms with Gasteiger partial charge in [0.15, 0.2) is 0 Å². The van der Waals surface area contributed by atoms with E-state index >= 15 is 0 Å². The van der Waals surface area contributed by atoms with Crippen molar-refractivity contribution in [3.8, 4) is 0 Å². The van der Waals surface area contributed by atoms with E-state index in [1.165, 1.54) is 56.9 Å². The Labute approximate surface area is 178 Å². The third-order valence-corrected chi connectivity index (χ3v) is 11.6. The lowest BCUT2D eigenvalue weighted by atomic mass is 9.36. The Bertz CT molecular complexity index is 854. The molecule has 0 aromatic heterocycles. The van der Waals surface area contributed by atoms with E-state index in [9.17, 15) is 0 Å².